The zero-order valence-electron chi connectivity index (χ0n) is 13.7. The molecule has 1 aliphatic heterocycles. The van der Waals surface area contributed by atoms with Crippen LogP contribution >= 0.6 is 22.6 Å². The third-order valence-electron chi connectivity index (χ3n) is 5.01. The van der Waals surface area contributed by atoms with Crippen molar-refractivity contribution >= 4 is 33.6 Å². The highest BCUT2D eigenvalue weighted by Gasteiger charge is 2.20. The van der Waals surface area contributed by atoms with E-state index in [1.54, 1.807) is 0 Å². The molecule has 0 N–H and O–H groups in total. The van der Waals surface area contributed by atoms with Crippen LogP contribution in [0.3, 0.4) is 0 Å². The summed E-state index contributed by atoms with van der Waals surface area (Å²) in [7, 11) is 0. The van der Waals surface area contributed by atoms with Gasteiger partial charge in [-0.25, -0.2) is 4.98 Å². The Morgan fingerprint density at radius 2 is 1.75 bits per heavy atom. The van der Waals surface area contributed by atoms with E-state index in [0.717, 1.165) is 24.5 Å². The van der Waals surface area contributed by atoms with Gasteiger partial charge in [-0.15, -0.1) is 0 Å². The van der Waals surface area contributed by atoms with E-state index in [0.29, 0.717) is 0 Å². The van der Waals surface area contributed by atoms with Crippen molar-refractivity contribution in [2.45, 2.75) is 25.9 Å². The number of nitrogens with zero attached hydrogens (tertiary/aromatic N) is 3. The number of fused-ring (bicyclic) bond motifs is 1. The number of likely N-dealkylation sites (tertiary alicyclic amines) is 1. The minimum Gasteiger partial charge on any atom is -0.330 e. The van der Waals surface area contributed by atoms with Crippen molar-refractivity contribution in [3.63, 3.8) is 0 Å². The molecule has 1 aliphatic rings. The number of piperidine rings is 1. The van der Waals surface area contributed by atoms with Gasteiger partial charge >= 0.3 is 0 Å². The van der Waals surface area contributed by atoms with E-state index in [1.807, 2.05) is 6.33 Å². The van der Waals surface area contributed by atoms with Crippen molar-refractivity contribution in [3.05, 3.63) is 64.0 Å². The average Bonchev–Trinajstić information content (AvgIpc) is 3.02. The fraction of sp³-hybridized carbons (Fsp3) is 0.350. The summed E-state index contributed by atoms with van der Waals surface area (Å²) in [6, 6.07) is 17.3. The van der Waals surface area contributed by atoms with Crippen LogP contribution in [0.15, 0.2) is 54.9 Å². The number of benzene rings is 2. The Morgan fingerprint density at radius 3 is 2.54 bits per heavy atom. The maximum absolute atomic E-state index is 4.51. The first-order chi connectivity index (χ1) is 11.8. The SMILES string of the molecule is [125I]c1ccc(CN2CCC(Cn3cnc4ccccc43)CC2)cc1. The summed E-state index contributed by atoms with van der Waals surface area (Å²) >= 11 is 2.36. The Morgan fingerprint density at radius 1 is 1.00 bits per heavy atom. The molecule has 124 valence electrons. The minimum absolute atomic E-state index is 0.760. The molecule has 1 saturated heterocycles. The molecule has 3 nitrogen and oxygen atoms in total. The van der Waals surface area contributed by atoms with E-state index in [-0.39, 0.29) is 0 Å². The number of para-hydroxylation sites is 2. The number of hydrogen-bond donors (Lipinski definition) is 0. The molecule has 2 heterocycles. The van der Waals surface area contributed by atoms with Gasteiger partial charge in [-0.3, -0.25) is 4.90 Å². The Bertz CT molecular complexity index is 801. The van der Waals surface area contributed by atoms with E-state index in [2.05, 4.69) is 85.6 Å². The van der Waals surface area contributed by atoms with Crippen LogP contribution in [0.2, 0.25) is 0 Å². The van der Waals surface area contributed by atoms with Crippen LogP contribution in [0.1, 0.15) is 18.4 Å². The molecule has 2 aromatic carbocycles. The lowest BCUT2D eigenvalue weighted by atomic mass is 9.96. The molecule has 0 unspecified atom stereocenters. The monoisotopic (exact) mass is 429 g/mol. The molecule has 1 aromatic heterocycles. The van der Waals surface area contributed by atoms with Crippen LogP contribution in [0, 0.1) is 9.49 Å². The van der Waals surface area contributed by atoms with Gasteiger partial charge in [0.15, 0.2) is 0 Å². The summed E-state index contributed by atoms with van der Waals surface area (Å²) < 4.78 is 3.64. The molecule has 0 saturated carbocycles. The summed E-state index contributed by atoms with van der Waals surface area (Å²) in [6.45, 7) is 4.57. The summed E-state index contributed by atoms with van der Waals surface area (Å²) in [5.74, 6) is 0.760. The molecule has 4 heteroatoms. The Hall–Kier alpha value is -1.40. The second-order valence-electron chi connectivity index (χ2n) is 6.73. The quantitative estimate of drug-likeness (QED) is 0.568. The second kappa shape index (κ2) is 7.23. The van der Waals surface area contributed by atoms with Gasteiger partial charge in [0.25, 0.3) is 0 Å². The molecular formula is C20H22IN3. The molecule has 3 aromatic rings. The zero-order chi connectivity index (χ0) is 16.4. The molecule has 1 fully saturated rings. The molecule has 0 aliphatic carbocycles. The van der Waals surface area contributed by atoms with Crippen molar-refractivity contribution in [1.29, 1.82) is 0 Å². The lowest BCUT2D eigenvalue weighted by molar-refractivity contribution is 0.168. The molecular weight excluding hydrogens is 407 g/mol. The second-order valence-corrected chi connectivity index (χ2v) is 7.98. The maximum atomic E-state index is 4.51. The summed E-state index contributed by atoms with van der Waals surface area (Å²) in [4.78, 5) is 7.10. The molecule has 24 heavy (non-hydrogen) atoms. The third kappa shape index (κ3) is 3.64. The molecule has 0 spiro atoms. The fourth-order valence-electron chi connectivity index (χ4n) is 3.61. The lowest BCUT2D eigenvalue weighted by Gasteiger charge is -2.32. The maximum Gasteiger partial charge on any atom is 0.0958 e. The minimum atomic E-state index is 0.760. The molecule has 0 amide bonds. The normalized spacial score (nSPS) is 16.7. The molecule has 4 rings (SSSR count). The standard InChI is InChI=1S/C20H22IN3/c21-18-7-5-16(6-8-18)13-23-11-9-17(10-12-23)14-24-15-22-19-3-1-2-4-20(19)24/h1-8,15,17H,9-14H2/i21-2. The summed E-state index contributed by atoms with van der Waals surface area (Å²) in [5, 5.41) is 0. The van der Waals surface area contributed by atoms with Crippen molar-refractivity contribution in [1.82, 2.24) is 14.5 Å². The van der Waals surface area contributed by atoms with E-state index in [9.17, 15) is 0 Å². The van der Waals surface area contributed by atoms with Crippen molar-refractivity contribution in [3.8, 4) is 0 Å². The van der Waals surface area contributed by atoms with Gasteiger partial charge in [0.1, 0.15) is 0 Å². The fourth-order valence-corrected chi connectivity index (χ4v) is 3.97. The number of rotatable bonds is 4. The number of hydrogen-bond acceptors (Lipinski definition) is 2. The predicted octanol–water partition coefficient (Wildman–Crippen LogP) is 4.55. The van der Waals surface area contributed by atoms with Crippen molar-refractivity contribution < 1.29 is 0 Å². The van der Waals surface area contributed by atoms with Crippen LogP contribution in [0.5, 0.6) is 0 Å². The Kier molecular flexibility index (Phi) is 4.85. The predicted molar refractivity (Wildman–Crippen MR) is 107 cm³/mol. The Balaban J connectivity index is 1.33. The van der Waals surface area contributed by atoms with Crippen LogP contribution < -0.4 is 0 Å². The van der Waals surface area contributed by atoms with Crippen molar-refractivity contribution in [2.75, 3.05) is 13.1 Å². The van der Waals surface area contributed by atoms with Gasteiger partial charge in [0.2, 0.25) is 0 Å². The van der Waals surface area contributed by atoms with Gasteiger partial charge in [-0.1, -0.05) is 24.3 Å². The Labute approximate surface area is 156 Å². The lowest BCUT2D eigenvalue weighted by Crippen LogP contribution is -2.34. The molecule has 0 bridgehead atoms. The smallest absolute Gasteiger partial charge is 0.0958 e. The average molecular weight is 429 g/mol. The summed E-state index contributed by atoms with van der Waals surface area (Å²) in [5.41, 5.74) is 3.79. The number of halogens is 1. The molecule has 0 atom stereocenters. The van der Waals surface area contributed by atoms with Crippen LogP contribution in [-0.4, -0.2) is 27.5 Å². The van der Waals surface area contributed by atoms with E-state index >= 15 is 0 Å². The van der Waals surface area contributed by atoms with Gasteiger partial charge in [0.05, 0.1) is 17.4 Å². The van der Waals surface area contributed by atoms with E-state index in [4.69, 9.17) is 0 Å². The van der Waals surface area contributed by atoms with Gasteiger partial charge in [-0.05, 0) is 84.3 Å². The van der Waals surface area contributed by atoms with Crippen LogP contribution in [0.25, 0.3) is 11.0 Å². The highest BCUT2D eigenvalue weighted by molar-refractivity contribution is 14.1. The first-order valence-electron chi connectivity index (χ1n) is 8.64. The third-order valence-corrected chi connectivity index (χ3v) is 5.73. The highest BCUT2D eigenvalue weighted by Crippen LogP contribution is 2.23. The van der Waals surface area contributed by atoms with Crippen LogP contribution in [0.4, 0.5) is 0 Å². The van der Waals surface area contributed by atoms with Crippen LogP contribution in [-0.2, 0) is 13.1 Å². The highest BCUT2D eigenvalue weighted by atomic mass is 125. The topological polar surface area (TPSA) is 21.1 Å². The zero-order valence-corrected chi connectivity index (χ0v) is 15.9. The summed E-state index contributed by atoms with van der Waals surface area (Å²) in [6.07, 6.45) is 4.55. The molecule has 0 radical (unpaired) electrons. The van der Waals surface area contributed by atoms with Crippen molar-refractivity contribution in [2.24, 2.45) is 5.92 Å². The largest absolute Gasteiger partial charge is 0.330 e. The first-order valence-corrected chi connectivity index (χ1v) is 9.72. The number of aromatic nitrogens is 2. The van der Waals surface area contributed by atoms with E-state index < -0.39 is 0 Å². The first kappa shape index (κ1) is 16.1. The number of imidazole rings is 1. The van der Waals surface area contributed by atoms with E-state index in [1.165, 1.54) is 40.6 Å². The van der Waals surface area contributed by atoms with Gasteiger partial charge in [-0.2, -0.15) is 0 Å². The van der Waals surface area contributed by atoms with Gasteiger partial charge in [0, 0.05) is 16.7 Å². The van der Waals surface area contributed by atoms with Gasteiger partial charge < -0.3 is 4.57 Å².